The number of allylic oxidation sites excluding steroid dienone is 1. The van der Waals surface area contributed by atoms with E-state index in [1.807, 2.05) is 19.1 Å². The third kappa shape index (κ3) is 2.89. The Morgan fingerprint density at radius 1 is 1.50 bits per heavy atom. The number of benzene rings is 1. The molecule has 0 aliphatic rings. The van der Waals surface area contributed by atoms with Gasteiger partial charge in [0.1, 0.15) is 4.70 Å². The molecule has 0 unspecified atom stereocenters. The molecular weight excluding hydrogens is 294 g/mol. The second-order valence-corrected chi connectivity index (χ2v) is 6.61. The summed E-state index contributed by atoms with van der Waals surface area (Å²) in [6, 6.07) is 5.26. The quantitative estimate of drug-likeness (QED) is 0.700. The van der Waals surface area contributed by atoms with E-state index < -0.39 is 16.0 Å². The second-order valence-electron chi connectivity index (χ2n) is 3.69. The molecule has 18 heavy (non-hydrogen) atoms. The molecule has 0 atom stereocenters. The normalized spacial score (nSPS) is 12.6. The second kappa shape index (κ2) is 4.97. The molecule has 1 heterocycles. The first-order valence-electron chi connectivity index (χ1n) is 5.10. The van der Waals surface area contributed by atoms with Crippen LogP contribution in [0.2, 0.25) is 5.02 Å². The van der Waals surface area contributed by atoms with Crippen molar-refractivity contribution in [2.45, 2.75) is 12.8 Å². The fourth-order valence-electron chi connectivity index (χ4n) is 1.64. The third-order valence-electron chi connectivity index (χ3n) is 2.29. The minimum Gasteiger partial charge on any atom is -0.281 e. The van der Waals surface area contributed by atoms with E-state index in [-0.39, 0.29) is 0 Å². The zero-order chi connectivity index (χ0) is 13.3. The molecule has 1 N–H and O–H groups in total. The Kier molecular flexibility index (Phi) is 3.72. The number of nitrogens with zero attached hydrogens (tertiary/aromatic N) is 1. The lowest BCUT2D eigenvalue weighted by molar-refractivity contribution is -0.649. The summed E-state index contributed by atoms with van der Waals surface area (Å²) >= 11 is 7.35. The minimum atomic E-state index is -4.10. The summed E-state index contributed by atoms with van der Waals surface area (Å²) < 4.78 is 33.6. The van der Waals surface area contributed by atoms with Crippen molar-refractivity contribution in [3.05, 3.63) is 34.3 Å². The molecule has 0 bridgehead atoms. The van der Waals surface area contributed by atoms with Crippen LogP contribution in [0.1, 0.15) is 11.9 Å². The van der Waals surface area contributed by atoms with E-state index >= 15 is 0 Å². The van der Waals surface area contributed by atoms with Crippen LogP contribution in [0.5, 0.6) is 0 Å². The Morgan fingerprint density at radius 3 is 2.83 bits per heavy atom. The predicted molar refractivity (Wildman–Crippen MR) is 73.3 cm³/mol. The number of fused-ring (bicyclic) bond motifs is 1. The van der Waals surface area contributed by atoms with Gasteiger partial charge < -0.3 is 0 Å². The topological polar surface area (TPSA) is 58.2 Å². The van der Waals surface area contributed by atoms with Crippen LogP contribution in [0.25, 0.3) is 16.3 Å². The Bertz CT molecular complexity index is 719. The summed E-state index contributed by atoms with van der Waals surface area (Å²) in [6.07, 6.45) is 3.61. The number of rotatable bonds is 3. The van der Waals surface area contributed by atoms with E-state index in [0.29, 0.717) is 10.5 Å². The number of thiazole rings is 1. The van der Waals surface area contributed by atoms with Crippen molar-refractivity contribution in [2.24, 2.45) is 0 Å². The SMILES string of the molecule is C/C=C/c1sc2ccc(Cl)cc2[n+]1CS(=O)(=O)O. The standard InChI is InChI=1S/C11H10ClNO3S2/c1-2-3-11-13(7-18(14,15)16)9-6-8(12)4-5-10(9)17-11/h2-6H,7H2,1H3/p+1/b3-2+. The molecule has 0 radical (unpaired) electrons. The number of halogens is 1. The number of hydrogen-bond acceptors (Lipinski definition) is 3. The summed E-state index contributed by atoms with van der Waals surface area (Å²) in [5.74, 6) is -0.479. The molecule has 1 aromatic heterocycles. The molecule has 0 amide bonds. The molecule has 2 rings (SSSR count). The largest absolute Gasteiger partial charge is 0.326 e. The van der Waals surface area contributed by atoms with Gasteiger partial charge >= 0.3 is 10.1 Å². The van der Waals surface area contributed by atoms with Crippen LogP contribution >= 0.6 is 22.9 Å². The summed E-state index contributed by atoms with van der Waals surface area (Å²) in [5, 5.41) is 1.27. The smallest absolute Gasteiger partial charge is 0.281 e. The Balaban J connectivity index is 2.72. The van der Waals surface area contributed by atoms with Crippen molar-refractivity contribution in [1.29, 1.82) is 0 Å². The first-order valence-corrected chi connectivity index (χ1v) is 7.91. The van der Waals surface area contributed by atoms with Crippen LogP contribution in [0.15, 0.2) is 24.3 Å². The molecule has 4 nitrogen and oxygen atoms in total. The Labute approximate surface area is 114 Å². The maximum Gasteiger partial charge on any atom is 0.326 e. The van der Waals surface area contributed by atoms with Crippen molar-refractivity contribution in [3.8, 4) is 0 Å². The molecule has 2 aromatic rings. The maximum atomic E-state index is 11.1. The van der Waals surface area contributed by atoms with Gasteiger partial charge in [0.15, 0.2) is 0 Å². The van der Waals surface area contributed by atoms with Gasteiger partial charge in [0.25, 0.3) is 10.9 Å². The molecule has 0 aliphatic heterocycles. The third-order valence-corrected chi connectivity index (χ3v) is 4.24. The van der Waals surface area contributed by atoms with E-state index in [1.54, 1.807) is 18.2 Å². The van der Waals surface area contributed by atoms with Crippen molar-refractivity contribution < 1.29 is 17.5 Å². The van der Waals surface area contributed by atoms with Crippen molar-refractivity contribution in [2.75, 3.05) is 0 Å². The van der Waals surface area contributed by atoms with Crippen molar-refractivity contribution >= 4 is 49.3 Å². The molecule has 96 valence electrons. The highest BCUT2D eigenvalue weighted by atomic mass is 35.5. The van der Waals surface area contributed by atoms with Crippen LogP contribution in [0.3, 0.4) is 0 Å². The van der Waals surface area contributed by atoms with Crippen molar-refractivity contribution in [3.63, 3.8) is 0 Å². The first kappa shape index (κ1) is 13.5. The average Bonchev–Trinajstić information content (AvgIpc) is 2.56. The monoisotopic (exact) mass is 304 g/mol. The molecule has 0 saturated carbocycles. The average molecular weight is 305 g/mol. The van der Waals surface area contributed by atoms with Gasteiger partial charge in [0.05, 0.1) is 0 Å². The first-order chi connectivity index (χ1) is 8.40. The van der Waals surface area contributed by atoms with Crippen LogP contribution in [-0.2, 0) is 16.0 Å². The molecule has 0 spiro atoms. The lowest BCUT2D eigenvalue weighted by atomic mass is 10.3. The van der Waals surface area contributed by atoms with Crippen LogP contribution in [-0.4, -0.2) is 13.0 Å². The van der Waals surface area contributed by atoms with Gasteiger partial charge in [-0.05, 0) is 19.1 Å². The molecule has 7 heteroatoms. The van der Waals surface area contributed by atoms with Crippen LogP contribution in [0, 0.1) is 0 Å². The Morgan fingerprint density at radius 2 is 2.22 bits per heavy atom. The predicted octanol–water partition coefficient (Wildman–Crippen LogP) is 2.72. The fourth-order valence-corrected chi connectivity index (χ4v) is 3.60. The zero-order valence-corrected chi connectivity index (χ0v) is 11.9. The van der Waals surface area contributed by atoms with E-state index in [9.17, 15) is 8.42 Å². The summed E-state index contributed by atoms with van der Waals surface area (Å²) in [6.45, 7) is 1.84. The molecule has 0 aliphatic carbocycles. The highest BCUT2D eigenvalue weighted by molar-refractivity contribution is 7.84. The summed E-state index contributed by atoms with van der Waals surface area (Å²) in [7, 11) is -4.10. The van der Waals surface area contributed by atoms with Crippen molar-refractivity contribution in [1.82, 2.24) is 0 Å². The number of aromatic nitrogens is 1. The highest BCUT2D eigenvalue weighted by Gasteiger charge is 2.23. The lowest BCUT2D eigenvalue weighted by Gasteiger charge is -1.94. The zero-order valence-electron chi connectivity index (χ0n) is 9.50. The maximum absolute atomic E-state index is 11.1. The fraction of sp³-hybridized carbons (Fsp3) is 0.182. The van der Waals surface area contributed by atoms with Gasteiger partial charge in [-0.3, -0.25) is 4.55 Å². The number of hydrogen-bond donors (Lipinski definition) is 1. The van der Waals surface area contributed by atoms with Gasteiger partial charge in [-0.25, -0.2) is 0 Å². The minimum absolute atomic E-state index is 0.479. The van der Waals surface area contributed by atoms with Gasteiger partial charge in [0, 0.05) is 17.2 Å². The van der Waals surface area contributed by atoms with E-state index in [0.717, 1.165) is 9.71 Å². The molecule has 0 fully saturated rings. The summed E-state index contributed by atoms with van der Waals surface area (Å²) in [4.78, 5) is 0. The lowest BCUT2D eigenvalue weighted by Crippen LogP contribution is -2.38. The van der Waals surface area contributed by atoms with Crippen LogP contribution in [0.4, 0.5) is 0 Å². The van der Waals surface area contributed by atoms with E-state index in [4.69, 9.17) is 16.2 Å². The highest BCUT2D eigenvalue weighted by Crippen LogP contribution is 2.24. The molecule has 0 saturated heterocycles. The van der Waals surface area contributed by atoms with E-state index in [1.165, 1.54) is 15.9 Å². The van der Waals surface area contributed by atoms with E-state index in [2.05, 4.69) is 0 Å². The van der Waals surface area contributed by atoms with Gasteiger partial charge in [-0.15, -0.1) is 0 Å². The molecular formula is C11H11ClNO3S2+. The summed E-state index contributed by atoms with van der Waals surface area (Å²) in [5.41, 5.74) is 0.693. The van der Waals surface area contributed by atoms with Gasteiger partial charge in [-0.1, -0.05) is 29.0 Å². The molecule has 1 aromatic carbocycles. The Hall–Kier alpha value is -0.950. The van der Waals surface area contributed by atoms with Gasteiger partial charge in [-0.2, -0.15) is 13.0 Å². The van der Waals surface area contributed by atoms with Crippen LogP contribution < -0.4 is 4.57 Å². The van der Waals surface area contributed by atoms with Gasteiger partial charge in [0.2, 0.25) is 5.52 Å².